The monoisotopic (exact) mass is 290 g/mol. The van der Waals surface area contributed by atoms with Gasteiger partial charge in [-0.2, -0.15) is 11.8 Å². The van der Waals surface area contributed by atoms with Gasteiger partial charge < -0.3 is 5.73 Å². The van der Waals surface area contributed by atoms with Gasteiger partial charge in [0, 0.05) is 34.2 Å². The quantitative estimate of drug-likeness (QED) is 0.514. The number of nitrogens with zero attached hydrogens (tertiary/aromatic N) is 1. The molecule has 1 aromatic carbocycles. The Morgan fingerprint density at radius 2 is 2.27 bits per heavy atom. The van der Waals surface area contributed by atoms with Gasteiger partial charge in [-0.3, -0.25) is 10.1 Å². The lowest BCUT2D eigenvalue weighted by atomic mass is 10.2. The van der Waals surface area contributed by atoms with Crippen LogP contribution in [0.2, 0.25) is 0 Å². The highest BCUT2D eigenvalue weighted by Crippen LogP contribution is 2.26. The van der Waals surface area contributed by atoms with E-state index in [1.165, 1.54) is 6.07 Å². The van der Waals surface area contributed by atoms with Crippen LogP contribution in [-0.2, 0) is 5.75 Å². The van der Waals surface area contributed by atoms with E-state index in [1.807, 2.05) is 6.07 Å². The zero-order valence-corrected chi connectivity index (χ0v) is 10.4. The van der Waals surface area contributed by atoms with Gasteiger partial charge in [0.15, 0.2) is 0 Å². The van der Waals surface area contributed by atoms with E-state index in [9.17, 15) is 10.1 Å². The van der Waals surface area contributed by atoms with Crippen molar-refractivity contribution in [1.29, 1.82) is 0 Å². The molecule has 0 aromatic heterocycles. The maximum atomic E-state index is 10.8. The van der Waals surface area contributed by atoms with E-state index in [1.54, 1.807) is 17.8 Å². The van der Waals surface area contributed by atoms with Crippen LogP contribution in [0, 0.1) is 10.1 Å². The number of halogens is 1. The molecule has 15 heavy (non-hydrogen) atoms. The van der Waals surface area contributed by atoms with Crippen LogP contribution in [0.3, 0.4) is 0 Å². The molecule has 0 unspecified atom stereocenters. The summed E-state index contributed by atoms with van der Waals surface area (Å²) in [5, 5.41) is 10.8. The van der Waals surface area contributed by atoms with Crippen LogP contribution in [0.5, 0.6) is 0 Å². The van der Waals surface area contributed by atoms with Crippen LogP contribution >= 0.6 is 27.7 Å². The molecule has 2 N–H and O–H groups in total. The molecule has 0 amide bonds. The van der Waals surface area contributed by atoms with Crippen LogP contribution in [-0.4, -0.2) is 17.2 Å². The van der Waals surface area contributed by atoms with Gasteiger partial charge in [0.1, 0.15) is 0 Å². The van der Waals surface area contributed by atoms with Gasteiger partial charge in [-0.05, 0) is 6.07 Å². The van der Waals surface area contributed by atoms with Gasteiger partial charge in [0.05, 0.1) is 4.92 Å². The van der Waals surface area contributed by atoms with Gasteiger partial charge in [-0.15, -0.1) is 0 Å². The van der Waals surface area contributed by atoms with E-state index in [0.29, 0.717) is 12.3 Å². The second kappa shape index (κ2) is 6.09. The van der Waals surface area contributed by atoms with Crippen molar-refractivity contribution in [1.82, 2.24) is 0 Å². The molecule has 0 atom stereocenters. The summed E-state index contributed by atoms with van der Waals surface area (Å²) in [7, 11) is 0. The first kappa shape index (κ1) is 12.5. The van der Waals surface area contributed by atoms with Crippen LogP contribution in [0.4, 0.5) is 5.69 Å². The van der Waals surface area contributed by atoms with E-state index >= 15 is 0 Å². The molecule has 1 aromatic rings. The van der Waals surface area contributed by atoms with E-state index in [2.05, 4.69) is 15.9 Å². The Morgan fingerprint density at radius 1 is 1.53 bits per heavy atom. The van der Waals surface area contributed by atoms with E-state index in [4.69, 9.17) is 5.73 Å². The van der Waals surface area contributed by atoms with E-state index in [-0.39, 0.29) is 10.6 Å². The first-order valence-electron chi connectivity index (χ1n) is 4.35. The summed E-state index contributed by atoms with van der Waals surface area (Å²) in [4.78, 5) is 10.4. The van der Waals surface area contributed by atoms with Crippen molar-refractivity contribution in [2.45, 2.75) is 5.75 Å². The van der Waals surface area contributed by atoms with Crippen molar-refractivity contribution in [3.05, 3.63) is 38.3 Å². The molecule has 0 saturated carbocycles. The van der Waals surface area contributed by atoms with Gasteiger partial charge >= 0.3 is 0 Å². The van der Waals surface area contributed by atoms with Crippen LogP contribution in [0.1, 0.15) is 5.56 Å². The van der Waals surface area contributed by atoms with Gasteiger partial charge in [0.25, 0.3) is 5.69 Å². The maximum absolute atomic E-state index is 10.8. The number of nitro groups is 1. The third kappa shape index (κ3) is 3.81. The molecule has 4 nitrogen and oxygen atoms in total. The SMILES string of the molecule is NCCSCc1ccc(Br)cc1[N+](=O)[O-]. The molecule has 0 spiro atoms. The minimum Gasteiger partial charge on any atom is -0.330 e. The number of thioether (sulfide) groups is 1. The van der Waals surface area contributed by atoms with Crippen molar-refractivity contribution >= 4 is 33.4 Å². The highest BCUT2D eigenvalue weighted by Gasteiger charge is 2.13. The molecule has 0 saturated heterocycles. The molecule has 1 rings (SSSR count). The predicted molar refractivity (Wildman–Crippen MR) is 66.0 cm³/mol. The first-order valence-corrected chi connectivity index (χ1v) is 6.30. The largest absolute Gasteiger partial charge is 0.330 e. The standard InChI is InChI=1S/C9H11BrN2O2S/c10-8-2-1-7(6-15-4-3-11)9(5-8)12(13)14/h1-2,5H,3-4,6,11H2. The van der Waals surface area contributed by atoms with Gasteiger partial charge in [-0.25, -0.2) is 0 Å². The summed E-state index contributed by atoms with van der Waals surface area (Å²) in [6.45, 7) is 0.592. The fourth-order valence-corrected chi connectivity index (χ4v) is 2.22. The summed E-state index contributed by atoms with van der Waals surface area (Å²) in [5.41, 5.74) is 6.25. The Morgan fingerprint density at radius 3 is 2.87 bits per heavy atom. The molecular formula is C9H11BrN2O2S. The summed E-state index contributed by atoms with van der Waals surface area (Å²) in [6, 6.07) is 5.11. The molecule has 0 aliphatic rings. The Kier molecular flexibility index (Phi) is 5.07. The number of rotatable bonds is 5. The molecule has 0 radical (unpaired) electrons. The van der Waals surface area contributed by atoms with Gasteiger partial charge in [0.2, 0.25) is 0 Å². The minimum atomic E-state index is -0.358. The lowest BCUT2D eigenvalue weighted by molar-refractivity contribution is -0.385. The van der Waals surface area contributed by atoms with E-state index in [0.717, 1.165) is 15.8 Å². The molecule has 0 aliphatic carbocycles. The topological polar surface area (TPSA) is 69.2 Å². The molecule has 82 valence electrons. The fourth-order valence-electron chi connectivity index (χ4n) is 1.09. The van der Waals surface area contributed by atoms with Crippen molar-refractivity contribution < 1.29 is 4.92 Å². The zero-order chi connectivity index (χ0) is 11.3. The number of nitro benzene ring substituents is 1. The van der Waals surface area contributed by atoms with E-state index < -0.39 is 0 Å². The number of hydrogen-bond donors (Lipinski definition) is 1. The zero-order valence-electron chi connectivity index (χ0n) is 7.98. The summed E-state index contributed by atoms with van der Waals surface area (Å²) < 4.78 is 0.724. The highest BCUT2D eigenvalue weighted by molar-refractivity contribution is 9.10. The summed E-state index contributed by atoms with van der Waals surface area (Å²) in [5.74, 6) is 1.44. The lowest BCUT2D eigenvalue weighted by Crippen LogP contribution is -2.02. The average Bonchev–Trinajstić information content (AvgIpc) is 2.20. The Labute approximate surface area is 101 Å². The van der Waals surface area contributed by atoms with Crippen molar-refractivity contribution in [3.8, 4) is 0 Å². The molecule has 0 fully saturated rings. The number of nitrogens with two attached hydrogens (primary N) is 1. The second-order valence-electron chi connectivity index (χ2n) is 2.87. The molecular weight excluding hydrogens is 280 g/mol. The minimum absolute atomic E-state index is 0.161. The average molecular weight is 291 g/mol. The fraction of sp³-hybridized carbons (Fsp3) is 0.333. The Balaban J connectivity index is 2.81. The molecule has 0 bridgehead atoms. The third-order valence-corrected chi connectivity index (χ3v) is 3.30. The van der Waals surface area contributed by atoms with Crippen molar-refractivity contribution in [3.63, 3.8) is 0 Å². The molecule has 6 heteroatoms. The van der Waals surface area contributed by atoms with Crippen molar-refractivity contribution in [2.24, 2.45) is 5.73 Å². The highest BCUT2D eigenvalue weighted by atomic mass is 79.9. The normalized spacial score (nSPS) is 10.3. The van der Waals surface area contributed by atoms with Crippen LogP contribution in [0.15, 0.2) is 22.7 Å². The first-order chi connectivity index (χ1) is 7.15. The van der Waals surface area contributed by atoms with Crippen molar-refractivity contribution in [2.75, 3.05) is 12.3 Å². The second-order valence-corrected chi connectivity index (χ2v) is 4.89. The lowest BCUT2D eigenvalue weighted by Gasteiger charge is -2.02. The number of hydrogen-bond acceptors (Lipinski definition) is 4. The van der Waals surface area contributed by atoms with Gasteiger partial charge in [-0.1, -0.05) is 22.0 Å². The summed E-state index contributed by atoms with van der Waals surface area (Å²) >= 11 is 4.81. The summed E-state index contributed by atoms with van der Waals surface area (Å²) in [6.07, 6.45) is 0. The smallest absolute Gasteiger partial charge is 0.274 e. The predicted octanol–water partition coefficient (Wildman–Crippen LogP) is 2.55. The third-order valence-electron chi connectivity index (χ3n) is 1.76. The van der Waals surface area contributed by atoms with Crippen LogP contribution < -0.4 is 5.73 Å². The Bertz CT molecular complexity index is 360. The Hall–Kier alpha value is -0.590. The van der Waals surface area contributed by atoms with Crippen LogP contribution in [0.25, 0.3) is 0 Å². The molecule has 0 heterocycles. The maximum Gasteiger partial charge on any atom is 0.274 e. The number of benzene rings is 1. The molecule has 0 aliphatic heterocycles.